The molecule has 2 aromatic rings. The number of hydrogen-bond acceptors (Lipinski definition) is 3. The first-order chi connectivity index (χ1) is 9.74. The summed E-state index contributed by atoms with van der Waals surface area (Å²) >= 11 is 0. The fraction of sp³-hybridized carbons (Fsp3) is 0.176. The van der Waals surface area contributed by atoms with Gasteiger partial charge in [-0.25, -0.2) is 0 Å². The first kappa shape index (κ1) is 12.6. The van der Waals surface area contributed by atoms with E-state index in [4.69, 9.17) is 4.74 Å². The summed E-state index contributed by atoms with van der Waals surface area (Å²) in [6.07, 6.45) is 0. The van der Waals surface area contributed by atoms with Gasteiger partial charge in [-0.05, 0) is 11.1 Å². The zero-order valence-electron chi connectivity index (χ0n) is 11.1. The van der Waals surface area contributed by atoms with Gasteiger partial charge >= 0.3 is 5.97 Å². The summed E-state index contributed by atoms with van der Waals surface area (Å²) in [5.74, 6) is -1.41. The van der Waals surface area contributed by atoms with Crippen molar-refractivity contribution in [3.05, 3.63) is 71.3 Å². The average molecular weight is 266 g/mol. The van der Waals surface area contributed by atoms with E-state index < -0.39 is 11.8 Å². The highest BCUT2D eigenvalue weighted by Gasteiger charge is 2.44. The highest BCUT2D eigenvalue weighted by molar-refractivity contribution is 6.10. The van der Waals surface area contributed by atoms with Crippen LogP contribution in [-0.4, -0.2) is 18.9 Å². The Bertz CT molecular complexity index is 661. The van der Waals surface area contributed by atoms with Crippen LogP contribution in [0.4, 0.5) is 0 Å². The Morgan fingerprint density at radius 2 is 1.65 bits per heavy atom. The maximum atomic E-state index is 12.6. The Kier molecular flexibility index (Phi) is 3.11. The standard InChI is InChI=1S/C17H14O3/c1-20-17(19)15-12-9-5-6-10-13(12)16(18)14(15)11-7-3-2-4-8-11/h2-10,14-15H,1H3. The number of fused-ring (bicyclic) bond motifs is 1. The van der Waals surface area contributed by atoms with E-state index in [0.29, 0.717) is 5.56 Å². The molecule has 1 aliphatic carbocycles. The molecule has 0 bridgehead atoms. The van der Waals surface area contributed by atoms with Crippen LogP contribution in [0.1, 0.15) is 33.3 Å². The summed E-state index contributed by atoms with van der Waals surface area (Å²) in [6.45, 7) is 0. The van der Waals surface area contributed by atoms with Gasteiger partial charge in [-0.15, -0.1) is 0 Å². The first-order valence-electron chi connectivity index (χ1n) is 6.50. The van der Waals surface area contributed by atoms with Crippen molar-refractivity contribution in [2.45, 2.75) is 11.8 Å². The molecule has 0 radical (unpaired) electrons. The van der Waals surface area contributed by atoms with E-state index in [2.05, 4.69) is 0 Å². The molecule has 0 heterocycles. The van der Waals surface area contributed by atoms with Crippen LogP contribution in [0.2, 0.25) is 0 Å². The number of methoxy groups -OCH3 is 1. The molecular weight excluding hydrogens is 252 g/mol. The van der Waals surface area contributed by atoms with Crippen LogP contribution in [0.25, 0.3) is 0 Å². The number of ether oxygens (including phenoxy) is 1. The van der Waals surface area contributed by atoms with Crippen molar-refractivity contribution < 1.29 is 14.3 Å². The molecule has 0 saturated heterocycles. The summed E-state index contributed by atoms with van der Waals surface area (Å²) in [6, 6.07) is 16.7. The second-order valence-corrected chi connectivity index (χ2v) is 4.84. The zero-order valence-corrected chi connectivity index (χ0v) is 11.1. The van der Waals surface area contributed by atoms with E-state index in [0.717, 1.165) is 11.1 Å². The predicted molar refractivity (Wildman–Crippen MR) is 74.7 cm³/mol. The molecule has 0 aromatic heterocycles. The summed E-state index contributed by atoms with van der Waals surface area (Å²) in [5.41, 5.74) is 2.24. The third-order valence-electron chi connectivity index (χ3n) is 3.79. The van der Waals surface area contributed by atoms with Crippen LogP contribution < -0.4 is 0 Å². The van der Waals surface area contributed by atoms with Crippen molar-refractivity contribution in [2.75, 3.05) is 7.11 Å². The van der Waals surface area contributed by atoms with Gasteiger partial charge < -0.3 is 4.74 Å². The molecule has 100 valence electrons. The van der Waals surface area contributed by atoms with E-state index in [9.17, 15) is 9.59 Å². The van der Waals surface area contributed by atoms with Crippen LogP contribution >= 0.6 is 0 Å². The molecule has 2 atom stereocenters. The zero-order chi connectivity index (χ0) is 14.1. The smallest absolute Gasteiger partial charge is 0.314 e. The Morgan fingerprint density at radius 1 is 1.00 bits per heavy atom. The second-order valence-electron chi connectivity index (χ2n) is 4.84. The molecule has 2 unspecified atom stereocenters. The molecular formula is C17H14O3. The minimum Gasteiger partial charge on any atom is -0.469 e. The molecule has 0 fully saturated rings. The Hall–Kier alpha value is -2.42. The largest absolute Gasteiger partial charge is 0.469 e. The molecule has 1 aliphatic rings. The van der Waals surface area contributed by atoms with E-state index in [-0.39, 0.29) is 11.8 Å². The van der Waals surface area contributed by atoms with Crippen LogP contribution in [0.15, 0.2) is 54.6 Å². The van der Waals surface area contributed by atoms with E-state index in [1.165, 1.54) is 7.11 Å². The van der Waals surface area contributed by atoms with Crippen LogP contribution in [0.5, 0.6) is 0 Å². The number of rotatable bonds is 2. The highest BCUT2D eigenvalue weighted by Crippen LogP contribution is 2.44. The molecule has 3 nitrogen and oxygen atoms in total. The summed E-state index contributed by atoms with van der Waals surface area (Å²) < 4.78 is 4.90. The minimum atomic E-state index is -0.550. The fourth-order valence-electron chi connectivity index (χ4n) is 2.89. The van der Waals surface area contributed by atoms with Gasteiger partial charge in [-0.1, -0.05) is 54.6 Å². The molecule has 0 amide bonds. The van der Waals surface area contributed by atoms with Crippen LogP contribution in [-0.2, 0) is 9.53 Å². The maximum Gasteiger partial charge on any atom is 0.314 e. The molecule has 20 heavy (non-hydrogen) atoms. The Labute approximate surface area is 117 Å². The molecule has 0 N–H and O–H groups in total. The number of esters is 1. The number of ketones is 1. The number of benzene rings is 2. The lowest BCUT2D eigenvalue weighted by atomic mass is 9.86. The average Bonchev–Trinajstić information content (AvgIpc) is 2.81. The third kappa shape index (κ3) is 1.83. The van der Waals surface area contributed by atoms with Crippen LogP contribution in [0, 0.1) is 0 Å². The maximum absolute atomic E-state index is 12.6. The normalized spacial score (nSPS) is 20.6. The SMILES string of the molecule is COC(=O)C1c2ccccc2C(=O)C1c1ccccc1. The van der Waals surface area contributed by atoms with Crippen molar-refractivity contribution in [3.63, 3.8) is 0 Å². The highest BCUT2D eigenvalue weighted by atomic mass is 16.5. The Balaban J connectivity index is 2.15. The Morgan fingerprint density at radius 3 is 2.35 bits per heavy atom. The topological polar surface area (TPSA) is 43.4 Å². The van der Waals surface area contributed by atoms with Gasteiger partial charge in [0.25, 0.3) is 0 Å². The molecule has 0 aliphatic heterocycles. The van der Waals surface area contributed by atoms with Crippen molar-refractivity contribution in [3.8, 4) is 0 Å². The molecule has 0 spiro atoms. The van der Waals surface area contributed by atoms with Gasteiger partial charge in [0.15, 0.2) is 5.78 Å². The summed E-state index contributed by atoms with van der Waals surface area (Å²) in [4.78, 5) is 24.8. The summed E-state index contributed by atoms with van der Waals surface area (Å²) in [7, 11) is 1.36. The van der Waals surface area contributed by atoms with Crippen molar-refractivity contribution in [2.24, 2.45) is 0 Å². The molecule has 3 rings (SSSR count). The lowest BCUT2D eigenvalue weighted by Crippen LogP contribution is -2.20. The lowest BCUT2D eigenvalue weighted by molar-refractivity contribution is -0.142. The third-order valence-corrected chi connectivity index (χ3v) is 3.79. The van der Waals surface area contributed by atoms with Crippen molar-refractivity contribution in [1.82, 2.24) is 0 Å². The minimum absolute atomic E-state index is 0.0119. The number of Topliss-reactive ketones (excluding diaryl/α,β-unsaturated/α-hetero) is 1. The van der Waals surface area contributed by atoms with Gasteiger partial charge in [0.05, 0.1) is 18.9 Å². The number of carbonyl (C=O) groups is 2. The first-order valence-corrected chi connectivity index (χ1v) is 6.50. The van der Waals surface area contributed by atoms with Gasteiger partial charge in [0.1, 0.15) is 0 Å². The van der Waals surface area contributed by atoms with Crippen LogP contribution in [0.3, 0.4) is 0 Å². The summed E-state index contributed by atoms with van der Waals surface area (Å²) in [5, 5.41) is 0. The second kappa shape index (κ2) is 4.93. The van der Waals surface area contributed by atoms with Gasteiger partial charge in [0, 0.05) is 5.56 Å². The molecule has 3 heteroatoms. The van der Waals surface area contributed by atoms with E-state index >= 15 is 0 Å². The van der Waals surface area contributed by atoms with E-state index in [1.807, 2.05) is 48.5 Å². The number of carbonyl (C=O) groups excluding carboxylic acids is 2. The lowest BCUT2D eigenvalue weighted by Gasteiger charge is -2.17. The molecule has 2 aromatic carbocycles. The number of hydrogen-bond donors (Lipinski definition) is 0. The van der Waals surface area contributed by atoms with Gasteiger partial charge in [-0.2, -0.15) is 0 Å². The monoisotopic (exact) mass is 266 g/mol. The van der Waals surface area contributed by atoms with Gasteiger partial charge in [0.2, 0.25) is 0 Å². The quantitative estimate of drug-likeness (QED) is 0.785. The van der Waals surface area contributed by atoms with E-state index in [1.54, 1.807) is 6.07 Å². The molecule has 0 saturated carbocycles. The predicted octanol–water partition coefficient (Wildman–Crippen LogP) is 2.92. The van der Waals surface area contributed by atoms with Crippen molar-refractivity contribution in [1.29, 1.82) is 0 Å². The van der Waals surface area contributed by atoms with Crippen molar-refractivity contribution >= 4 is 11.8 Å². The fourth-order valence-corrected chi connectivity index (χ4v) is 2.89. The van der Waals surface area contributed by atoms with Gasteiger partial charge in [-0.3, -0.25) is 9.59 Å².